The van der Waals surface area contributed by atoms with Gasteiger partial charge in [-0.15, -0.1) is 0 Å². The van der Waals surface area contributed by atoms with Gasteiger partial charge in [-0.2, -0.15) is 0 Å². The minimum atomic E-state index is -0.317. The van der Waals surface area contributed by atoms with Crippen LogP contribution in [0.25, 0.3) is 0 Å². The summed E-state index contributed by atoms with van der Waals surface area (Å²) in [6.45, 7) is 1.89. The van der Waals surface area contributed by atoms with Crippen LogP contribution in [-0.4, -0.2) is 10.9 Å². The predicted octanol–water partition coefficient (Wildman–Crippen LogP) is 3.95. The Morgan fingerprint density at radius 3 is 2.72 bits per heavy atom. The number of nitrogens with one attached hydrogen (secondary N) is 1. The average molecular weight is 281 g/mol. The van der Waals surface area contributed by atoms with E-state index in [4.69, 9.17) is 23.2 Å². The van der Waals surface area contributed by atoms with Crippen LogP contribution in [-0.2, 0) is 0 Å². The van der Waals surface area contributed by atoms with E-state index < -0.39 is 0 Å². The molecule has 0 saturated heterocycles. The number of carbonyl (C=O) groups excluding carboxylic acids is 1. The highest BCUT2D eigenvalue weighted by molar-refractivity contribution is 6.31. The van der Waals surface area contributed by atoms with Crippen LogP contribution in [0.2, 0.25) is 10.2 Å². The SMILES string of the molecule is Cc1ccc(Cl)cc1NC(=O)c1cccc(Cl)n1. The molecule has 92 valence electrons. The molecule has 2 aromatic rings. The Hall–Kier alpha value is -1.58. The second-order valence-corrected chi connectivity index (χ2v) is 4.58. The van der Waals surface area contributed by atoms with E-state index in [2.05, 4.69) is 10.3 Å². The summed E-state index contributed by atoms with van der Waals surface area (Å²) in [5.41, 5.74) is 1.85. The number of aryl methyl sites for hydroxylation is 1. The molecular weight excluding hydrogens is 271 g/mol. The van der Waals surface area contributed by atoms with Crippen molar-refractivity contribution in [1.82, 2.24) is 4.98 Å². The summed E-state index contributed by atoms with van der Waals surface area (Å²) in [5.74, 6) is -0.317. The second kappa shape index (κ2) is 5.38. The van der Waals surface area contributed by atoms with Gasteiger partial charge in [0.05, 0.1) is 0 Å². The van der Waals surface area contributed by atoms with Crippen molar-refractivity contribution in [1.29, 1.82) is 0 Å². The molecule has 5 heteroatoms. The topological polar surface area (TPSA) is 42.0 Å². The monoisotopic (exact) mass is 280 g/mol. The number of aromatic nitrogens is 1. The first-order valence-electron chi connectivity index (χ1n) is 5.26. The summed E-state index contributed by atoms with van der Waals surface area (Å²) >= 11 is 11.6. The maximum Gasteiger partial charge on any atom is 0.274 e. The lowest BCUT2D eigenvalue weighted by molar-refractivity contribution is 0.102. The van der Waals surface area contributed by atoms with Crippen LogP contribution < -0.4 is 5.32 Å². The number of anilines is 1. The number of hydrogen-bond donors (Lipinski definition) is 1. The molecule has 0 aliphatic carbocycles. The minimum absolute atomic E-state index is 0.266. The van der Waals surface area contributed by atoms with Crippen molar-refractivity contribution >= 4 is 34.8 Å². The third kappa shape index (κ3) is 3.00. The molecule has 1 aromatic carbocycles. The van der Waals surface area contributed by atoms with Gasteiger partial charge < -0.3 is 5.32 Å². The Morgan fingerprint density at radius 1 is 1.22 bits per heavy atom. The highest BCUT2D eigenvalue weighted by Gasteiger charge is 2.09. The molecule has 0 radical (unpaired) electrons. The van der Waals surface area contributed by atoms with E-state index in [1.54, 1.807) is 30.3 Å². The Balaban J connectivity index is 2.24. The van der Waals surface area contributed by atoms with Gasteiger partial charge in [-0.3, -0.25) is 4.79 Å². The molecule has 2 rings (SSSR count). The summed E-state index contributed by atoms with van der Waals surface area (Å²) in [5, 5.41) is 3.60. The number of carbonyl (C=O) groups is 1. The number of amides is 1. The van der Waals surface area contributed by atoms with Crippen molar-refractivity contribution in [2.75, 3.05) is 5.32 Å². The van der Waals surface area contributed by atoms with Gasteiger partial charge in [0.2, 0.25) is 0 Å². The van der Waals surface area contributed by atoms with Gasteiger partial charge in [0, 0.05) is 10.7 Å². The van der Waals surface area contributed by atoms with Crippen LogP contribution in [0.5, 0.6) is 0 Å². The molecule has 0 aliphatic rings. The second-order valence-electron chi connectivity index (χ2n) is 3.76. The summed E-state index contributed by atoms with van der Waals surface area (Å²) in [7, 11) is 0. The largest absolute Gasteiger partial charge is 0.320 e. The molecule has 0 bridgehead atoms. The van der Waals surface area contributed by atoms with Gasteiger partial charge in [0.1, 0.15) is 10.8 Å². The third-order valence-corrected chi connectivity index (χ3v) is 2.84. The zero-order valence-electron chi connectivity index (χ0n) is 9.58. The van der Waals surface area contributed by atoms with Crippen molar-refractivity contribution in [2.45, 2.75) is 6.92 Å². The summed E-state index contributed by atoms with van der Waals surface area (Å²) < 4.78 is 0. The predicted molar refractivity (Wildman–Crippen MR) is 73.4 cm³/mol. The van der Waals surface area contributed by atoms with Crippen LogP contribution in [0, 0.1) is 6.92 Å². The molecule has 1 heterocycles. The molecule has 1 aromatic heterocycles. The number of benzene rings is 1. The molecule has 18 heavy (non-hydrogen) atoms. The van der Waals surface area contributed by atoms with Gasteiger partial charge >= 0.3 is 0 Å². The van der Waals surface area contributed by atoms with Gasteiger partial charge in [0.15, 0.2) is 0 Å². The van der Waals surface area contributed by atoms with Crippen LogP contribution in [0.3, 0.4) is 0 Å². The normalized spacial score (nSPS) is 10.2. The molecular formula is C13H10Cl2N2O. The maximum absolute atomic E-state index is 12.0. The molecule has 0 atom stereocenters. The van der Waals surface area contributed by atoms with E-state index in [-0.39, 0.29) is 16.8 Å². The van der Waals surface area contributed by atoms with Crippen molar-refractivity contribution < 1.29 is 4.79 Å². The lowest BCUT2D eigenvalue weighted by atomic mass is 10.2. The van der Waals surface area contributed by atoms with Gasteiger partial charge in [0.25, 0.3) is 5.91 Å². The number of pyridine rings is 1. The summed E-state index contributed by atoms with van der Waals surface area (Å²) in [4.78, 5) is 15.9. The molecule has 0 saturated carbocycles. The zero-order chi connectivity index (χ0) is 13.1. The van der Waals surface area contributed by atoms with Crippen LogP contribution >= 0.6 is 23.2 Å². The Morgan fingerprint density at radius 2 is 2.00 bits per heavy atom. The number of halogens is 2. The number of rotatable bonds is 2. The first-order chi connectivity index (χ1) is 8.56. The fraction of sp³-hybridized carbons (Fsp3) is 0.0769. The molecule has 0 unspecified atom stereocenters. The quantitative estimate of drug-likeness (QED) is 0.847. The van der Waals surface area contributed by atoms with Crippen LogP contribution in [0.1, 0.15) is 16.1 Å². The average Bonchev–Trinajstić information content (AvgIpc) is 2.34. The minimum Gasteiger partial charge on any atom is -0.320 e. The van der Waals surface area contributed by atoms with E-state index in [1.165, 1.54) is 0 Å². The van der Waals surface area contributed by atoms with Crippen LogP contribution in [0.4, 0.5) is 5.69 Å². The molecule has 1 amide bonds. The first kappa shape index (κ1) is 12.9. The lowest BCUT2D eigenvalue weighted by Crippen LogP contribution is -2.14. The van der Waals surface area contributed by atoms with Crippen LogP contribution in [0.15, 0.2) is 36.4 Å². The molecule has 0 fully saturated rings. The number of nitrogens with zero attached hydrogens (tertiary/aromatic N) is 1. The van der Waals surface area contributed by atoms with Gasteiger partial charge in [-0.1, -0.05) is 35.3 Å². The first-order valence-corrected chi connectivity index (χ1v) is 6.02. The van der Waals surface area contributed by atoms with Gasteiger partial charge in [-0.05, 0) is 36.8 Å². The Labute approximate surface area is 115 Å². The fourth-order valence-corrected chi connectivity index (χ4v) is 1.79. The highest BCUT2D eigenvalue weighted by atomic mass is 35.5. The van der Waals surface area contributed by atoms with Crippen molar-refractivity contribution in [3.8, 4) is 0 Å². The highest BCUT2D eigenvalue weighted by Crippen LogP contribution is 2.20. The van der Waals surface area contributed by atoms with E-state index in [1.807, 2.05) is 13.0 Å². The van der Waals surface area contributed by atoms with E-state index in [9.17, 15) is 4.79 Å². The van der Waals surface area contributed by atoms with E-state index >= 15 is 0 Å². The molecule has 0 spiro atoms. The lowest BCUT2D eigenvalue weighted by Gasteiger charge is -2.08. The van der Waals surface area contributed by atoms with Gasteiger partial charge in [-0.25, -0.2) is 4.98 Å². The molecule has 3 nitrogen and oxygen atoms in total. The Bertz CT molecular complexity index is 599. The zero-order valence-corrected chi connectivity index (χ0v) is 11.1. The molecule has 1 N–H and O–H groups in total. The summed E-state index contributed by atoms with van der Waals surface area (Å²) in [6, 6.07) is 10.2. The fourth-order valence-electron chi connectivity index (χ4n) is 1.45. The maximum atomic E-state index is 12.0. The standard InChI is InChI=1S/C13H10Cl2N2O/c1-8-5-6-9(14)7-11(8)17-13(18)10-3-2-4-12(15)16-10/h2-7H,1H3,(H,17,18). The summed E-state index contributed by atoms with van der Waals surface area (Å²) in [6.07, 6.45) is 0. The molecule has 0 aliphatic heterocycles. The Kier molecular flexibility index (Phi) is 3.84. The van der Waals surface area contributed by atoms with Crippen molar-refractivity contribution in [3.63, 3.8) is 0 Å². The number of hydrogen-bond acceptors (Lipinski definition) is 2. The van der Waals surface area contributed by atoms with E-state index in [0.29, 0.717) is 10.7 Å². The van der Waals surface area contributed by atoms with E-state index in [0.717, 1.165) is 5.56 Å². The van der Waals surface area contributed by atoms with Crippen molar-refractivity contribution in [2.24, 2.45) is 0 Å². The third-order valence-electron chi connectivity index (χ3n) is 2.40. The van der Waals surface area contributed by atoms with Crippen molar-refractivity contribution in [3.05, 3.63) is 57.8 Å². The smallest absolute Gasteiger partial charge is 0.274 e.